The van der Waals surface area contributed by atoms with Crippen molar-refractivity contribution in [3.05, 3.63) is 35.1 Å². The number of rotatable bonds is 5. The Morgan fingerprint density at radius 3 is 2.85 bits per heavy atom. The van der Waals surface area contributed by atoms with Crippen molar-refractivity contribution >= 4 is 44.3 Å². The molecule has 1 amide bonds. The van der Waals surface area contributed by atoms with Crippen LogP contribution in [-0.2, 0) is 11.8 Å². The van der Waals surface area contributed by atoms with E-state index in [1.54, 1.807) is 15.4 Å². The molecule has 0 saturated heterocycles. The first-order valence-corrected chi connectivity index (χ1v) is 9.17. The van der Waals surface area contributed by atoms with Gasteiger partial charge in [0.25, 0.3) is 0 Å². The molecule has 10 heteroatoms. The number of halogens is 1. The van der Waals surface area contributed by atoms with Crippen LogP contribution in [0.15, 0.2) is 35.1 Å². The highest BCUT2D eigenvalue weighted by atomic mass is 79.9. The summed E-state index contributed by atoms with van der Waals surface area (Å²) in [7, 11) is 1.83. The first-order valence-electron chi connectivity index (χ1n) is 8.37. The third-order valence-electron chi connectivity index (χ3n) is 4.27. The molecule has 1 atom stereocenters. The molecule has 27 heavy (non-hydrogen) atoms. The minimum atomic E-state index is -0.563. The van der Waals surface area contributed by atoms with Crippen molar-refractivity contribution in [2.45, 2.75) is 19.4 Å². The number of aryl methyl sites for hydroxylation is 1. The van der Waals surface area contributed by atoms with Gasteiger partial charge in [0.15, 0.2) is 11.5 Å². The zero-order chi connectivity index (χ0) is 19.1. The molecule has 0 saturated carbocycles. The summed E-state index contributed by atoms with van der Waals surface area (Å²) in [5, 5.41) is 12.7. The van der Waals surface area contributed by atoms with Crippen LogP contribution in [0.4, 0.5) is 5.95 Å². The van der Waals surface area contributed by atoms with Gasteiger partial charge in [0.05, 0.1) is 17.3 Å². The molecule has 3 N–H and O–H groups in total. The Balaban J connectivity index is 1.98. The lowest BCUT2D eigenvalue weighted by Gasteiger charge is -2.15. The molecule has 1 aromatic carbocycles. The molecule has 0 bridgehead atoms. The number of anilines is 1. The Kier molecular flexibility index (Phi) is 4.27. The van der Waals surface area contributed by atoms with Crippen LogP contribution in [0.1, 0.15) is 13.3 Å². The summed E-state index contributed by atoms with van der Waals surface area (Å²) in [5.74, 6) is 0.470. The maximum absolute atomic E-state index is 11.7. The van der Waals surface area contributed by atoms with Crippen molar-refractivity contribution in [3.63, 3.8) is 0 Å². The van der Waals surface area contributed by atoms with Crippen molar-refractivity contribution in [3.8, 4) is 11.4 Å². The van der Waals surface area contributed by atoms with Crippen LogP contribution >= 0.6 is 15.9 Å². The number of nitrogens with zero attached hydrogens (tertiary/aromatic N) is 6. The maximum atomic E-state index is 11.7. The van der Waals surface area contributed by atoms with E-state index in [1.165, 1.54) is 0 Å². The Bertz CT molecular complexity index is 1160. The van der Waals surface area contributed by atoms with Crippen molar-refractivity contribution in [1.82, 2.24) is 29.4 Å². The summed E-state index contributed by atoms with van der Waals surface area (Å²) in [6.45, 7) is 1.87. The zero-order valence-electron chi connectivity index (χ0n) is 14.7. The molecule has 138 valence electrons. The third kappa shape index (κ3) is 3.01. The standard InChI is InChI=1S/C17H17BrN8O/c1-3-12(14(19)27)21-17-22-13-10(5-4-6-11(13)18)16-23-15(24-26(16)17)9-7-20-25(2)8-9/h4-8,12H,3H2,1-2H3,(H2,19,27)(H,21,22). The molecule has 0 aliphatic heterocycles. The summed E-state index contributed by atoms with van der Waals surface area (Å²) < 4.78 is 4.11. The van der Waals surface area contributed by atoms with E-state index in [2.05, 4.69) is 41.4 Å². The molecule has 0 aliphatic carbocycles. The van der Waals surface area contributed by atoms with E-state index in [-0.39, 0.29) is 0 Å². The minimum absolute atomic E-state index is 0.401. The summed E-state index contributed by atoms with van der Waals surface area (Å²) in [6.07, 6.45) is 4.06. The number of hydrogen-bond acceptors (Lipinski definition) is 6. The molecule has 0 fully saturated rings. The van der Waals surface area contributed by atoms with Crippen molar-refractivity contribution in [2.75, 3.05) is 5.32 Å². The number of aromatic nitrogens is 6. The molecule has 0 aliphatic rings. The van der Waals surface area contributed by atoms with E-state index >= 15 is 0 Å². The van der Waals surface area contributed by atoms with Gasteiger partial charge in [-0.2, -0.15) is 9.61 Å². The second-order valence-corrected chi connectivity index (χ2v) is 7.01. The Labute approximate surface area is 162 Å². The molecular weight excluding hydrogens is 412 g/mol. The van der Waals surface area contributed by atoms with Crippen LogP contribution in [0.5, 0.6) is 0 Å². The van der Waals surface area contributed by atoms with Crippen LogP contribution < -0.4 is 11.1 Å². The zero-order valence-corrected chi connectivity index (χ0v) is 16.3. The summed E-state index contributed by atoms with van der Waals surface area (Å²) in [6, 6.07) is 5.18. The molecule has 4 aromatic rings. The summed E-state index contributed by atoms with van der Waals surface area (Å²) >= 11 is 3.53. The average Bonchev–Trinajstić information content (AvgIpc) is 3.26. The number of nitrogens with two attached hydrogens (primary N) is 1. The second kappa shape index (κ2) is 6.62. The highest BCUT2D eigenvalue weighted by molar-refractivity contribution is 9.10. The third-order valence-corrected chi connectivity index (χ3v) is 4.91. The number of benzene rings is 1. The van der Waals surface area contributed by atoms with Crippen LogP contribution in [0.3, 0.4) is 0 Å². The van der Waals surface area contributed by atoms with Gasteiger partial charge >= 0.3 is 0 Å². The molecule has 3 heterocycles. The fourth-order valence-corrected chi connectivity index (χ4v) is 3.33. The number of hydrogen-bond donors (Lipinski definition) is 2. The van der Waals surface area contributed by atoms with E-state index in [4.69, 9.17) is 5.73 Å². The number of primary amides is 1. The van der Waals surface area contributed by atoms with E-state index < -0.39 is 11.9 Å². The molecule has 3 aromatic heterocycles. The average molecular weight is 429 g/mol. The van der Waals surface area contributed by atoms with Gasteiger partial charge < -0.3 is 11.1 Å². The highest BCUT2D eigenvalue weighted by Gasteiger charge is 2.20. The van der Waals surface area contributed by atoms with Gasteiger partial charge in [-0.05, 0) is 34.5 Å². The Morgan fingerprint density at radius 2 is 2.19 bits per heavy atom. The van der Waals surface area contributed by atoms with Gasteiger partial charge in [0, 0.05) is 23.1 Å². The van der Waals surface area contributed by atoms with Gasteiger partial charge in [-0.15, -0.1) is 5.10 Å². The lowest BCUT2D eigenvalue weighted by Crippen LogP contribution is -2.35. The SMILES string of the molecule is CCC(Nc1nc2c(Br)cccc2c2nc(-c3cnn(C)c3)nn12)C(N)=O. The van der Waals surface area contributed by atoms with Crippen molar-refractivity contribution < 1.29 is 4.79 Å². The summed E-state index contributed by atoms with van der Waals surface area (Å²) in [4.78, 5) is 21.0. The Hall–Kier alpha value is -3.01. The number of amides is 1. The van der Waals surface area contributed by atoms with E-state index in [0.29, 0.717) is 23.8 Å². The number of carbonyl (C=O) groups is 1. The van der Waals surface area contributed by atoms with Crippen LogP contribution in [0.2, 0.25) is 0 Å². The predicted molar refractivity (Wildman–Crippen MR) is 105 cm³/mol. The predicted octanol–water partition coefficient (Wildman–Crippen LogP) is 2.12. The van der Waals surface area contributed by atoms with Gasteiger partial charge in [-0.25, -0.2) is 9.97 Å². The van der Waals surface area contributed by atoms with Crippen molar-refractivity contribution in [1.29, 1.82) is 0 Å². The number of nitrogens with one attached hydrogen (secondary N) is 1. The fourth-order valence-electron chi connectivity index (χ4n) is 2.88. The maximum Gasteiger partial charge on any atom is 0.239 e. The Morgan fingerprint density at radius 1 is 1.37 bits per heavy atom. The molecule has 9 nitrogen and oxygen atoms in total. The normalized spacial score (nSPS) is 12.6. The largest absolute Gasteiger partial charge is 0.368 e. The molecule has 0 radical (unpaired) electrons. The van der Waals surface area contributed by atoms with Gasteiger partial charge in [-0.3, -0.25) is 9.48 Å². The number of carbonyl (C=O) groups excluding carboxylic acids is 1. The smallest absolute Gasteiger partial charge is 0.239 e. The number of para-hydroxylation sites is 1. The lowest BCUT2D eigenvalue weighted by atomic mass is 10.2. The van der Waals surface area contributed by atoms with Gasteiger partial charge in [0.2, 0.25) is 11.9 Å². The minimum Gasteiger partial charge on any atom is -0.368 e. The van der Waals surface area contributed by atoms with Crippen LogP contribution in [0.25, 0.3) is 27.9 Å². The molecule has 1 unspecified atom stereocenters. The molecule has 0 spiro atoms. The van der Waals surface area contributed by atoms with Crippen LogP contribution in [0, 0.1) is 0 Å². The fraction of sp³-hybridized carbons (Fsp3) is 0.235. The topological polar surface area (TPSA) is 116 Å². The first-order chi connectivity index (χ1) is 13.0. The molecular formula is C17H17BrN8O. The lowest BCUT2D eigenvalue weighted by molar-refractivity contribution is -0.118. The quantitative estimate of drug-likeness (QED) is 0.502. The van der Waals surface area contributed by atoms with Crippen molar-refractivity contribution in [2.24, 2.45) is 12.8 Å². The number of fused-ring (bicyclic) bond motifs is 3. The van der Waals surface area contributed by atoms with Gasteiger partial charge in [0.1, 0.15) is 6.04 Å². The highest BCUT2D eigenvalue weighted by Crippen LogP contribution is 2.28. The van der Waals surface area contributed by atoms with E-state index in [9.17, 15) is 4.79 Å². The summed E-state index contributed by atoms with van der Waals surface area (Å²) in [5.41, 5.74) is 7.62. The molecule has 4 rings (SSSR count). The first kappa shape index (κ1) is 17.4. The monoisotopic (exact) mass is 428 g/mol. The van der Waals surface area contributed by atoms with Crippen LogP contribution in [-0.4, -0.2) is 41.3 Å². The van der Waals surface area contributed by atoms with E-state index in [0.717, 1.165) is 20.9 Å². The van der Waals surface area contributed by atoms with Gasteiger partial charge in [-0.1, -0.05) is 13.0 Å². The second-order valence-electron chi connectivity index (χ2n) is 6.15. The van der Waals surface area contributed by atoms with E-state index in [1.807, 2.05) is 38.4 Å².